The maximum absolute atomic E-state index is 11.1. The Morgan fingerprint density at radius 2 is 1.01 bits per heavy atom. The molecular formula is C117H172N24O4. The lowest BCUT2D eigenvalue weighted by atomic mass is 9.86. The Morgan fingerprint density at radius 3 is 1.55 bits per heavy atom. The van der Waals surface area contributed by atoms with Gasteiger partial charge in [0.05, 0.1) is 84.4 Å². The van der Waals surface area contributed by atoms with Crippen LogP contribution in [0.5, 0.6) is 0 Å². The lowest BCUT2D eigenvalue weighted by molar-refractivity contribution is -0.131. The number of benzene rings is 2. The molecule has 0 radical (unpaired) electrons. The van der Waals surface area contributed by atoms with Gasteiger partial charge in [-0.25, -0.2) is 29.5 Å². The first-order valence-electron chi connectivity index (χ1n) is 51.5. The molecule has 1 aliphatic carbocycles. The summed E-state index contributed by atoms with van der Waals surface area (Å²) in [4.78, 5) is 34.5. The summed E-state index contributed by atoms with van der Waals surface area (Å²) in [6, 6.07) is 35.0. The van der Waals surface area contributed by atoms with Gasteiger partial charge in [-0.3, -0.25) is 28.6 Å². The first-order valence-corrected chi connectivity index (χ1v) is 51.5. The van der Waals surface area contributed by atoms with E-state index in [4.69, 9.17) is 14.0 Å². The molecule has 2 aromatic carbocycles. The van der Waals surface area contributed by atoms with Gasteiger partial charge < -0.3 is 42.8 Å². The largest absolute Gasteiger partial charge is 0.373 e. The van der Waals surface area contributed by atoms with Gasteiger partial charge in [0, 0.05) is 183 Å². The molecule has 21 rings (SSSR count). The molecule has 16 aromatic rings. The third-order valence-electron chi connectivity index (χ3n) is 24.9. The number of fused-ring (bicyclic) bond motifs is 9. The number of nitrogens with zero attached hydrogens (tertiary/aromatic N) is 21. The van der Waals surface area contributed by atoms with Gasteiger partial charge in [0.25, 0.3) is 0 Å². The Bertz CT molecular complexity index is 5960. The van der Waals surface area contributed by atoms with Gasteiger partial charge in [0.1, 0.15) is 23.9 Å². The molecule has 14 aromatic heterocycles. The van der Waals surface area contributed by atoms with Crippen molar-refractivity contribution in [3.63, 3.8) is 0 Å². The maximum Gasteiger partial charge on any atom is 0.223 e. The molecule has 2 saturated heterocycles. The number of nitrogens with one attached hydrogen (secondary N) is 3. The second kappa shape index (κ2) is 47.2. The maximum atomic E-state index is 11.1. The molecule has 0 unspecified atom stereocenters. The smallest absolute Gasteiger partial charge is 0.223 e. The van der Waals surface area contributed by atoms with Crippen LogP contribution in [0.3, 0.4) is 0 Å². The fraction of sp³-hybridized carbons (Fsp3) is 0.530. The zero-order valence-corrected chi connectivity index (χ0v) is 94.5. The number of hydrogen-bond acceptors (Lipinski definition) is 19. The van der Waals surface area contributed by atoms with Crippen LogP contribution >= 0.6 is 0 Å². The summed E-state index contributed by atoms with van der Waals surface area (Å²) in [7, 11) is 0. The number of aromatic nitrogens is 20. The highest BCUT2D eigenvalue weighted by atomic mass is 16.5. The van der Waals surface area contributed by atoms with E-state index in [1.165, 1.54) is 80.9 Å². The molecule has 28 nitrogen and oxygen atoms in total. The van der Waals surface area contributed by atoms with Crippen molar-refractivity contribution in [2.75, 3.05) is 19.7 Å². The third kappa shape index (κ3) is 32.2. The second-order valence-corrected chi connectivity index (χ2v) is 50.2. The number of hydrogen-bond donors (Lipinski definition) is 3. The molecule has 28 heteroatoms. The molecule has 3 fully saturated rings. The summed E-state index contributed by atoms with van der Waals surface area (Å²) < 4.78 is 30.6. The number of imidazole rings is 3. The summed E-state index contributed by atoms with van der Waals surface area (Å²) in [5, 5.41) is 39.5. The van der Waals surface area contributed by atoms with Crippen LogP contribution in [0.2, 0.25) is 0 Å². The van der Waals surface area contributed by atoms with Gasteiger partial charge in [-0.1, -0.05) is 233 Å². The highest BCUT2D eigenvalue weighted by Gasteiger charge is 2.33. The van der Waals surface area contributed by atoms with Crippen molar-refractivity contribution < 1.29 is 18.8 Å². The van der Waals surface area contributed by atoms with E-state index < -0.39 is 0 Å². The van der Waals surface area contributed by atoms with E-state index in [9.17, 15) is 4.79 Å². The quantitative estimate of drug-likeness (QED) is 0.138. The monoisotopic (exact) mass is 1980 g/mol. The lowest BCUT2D eigenvalue weighted by Gasteiger charge is -2.32. The van der Waals surface area contributed by atoms with E-state index in [0.29, 0.717) is 18.6 Å². The van der Waals surface area contributed by atoms with Gasteiger partial charge >= 0.3 is 0 Å². The number of carbonyl (C=O) groups excluding carboxylic acids is 1. The van der Waals surface area contributed by atoms with Crippen molar-refractivity contribution in [1.29, 1.82) is 0 Å². The molecule has 0 atom stereocenters. The van der Waals surface area contributed by atoms with Crippen molar-refractivity contribution in [2.45, 2.75) is 386 Å². The Labute approximate surface area is 863 Å². The second-order valence-electron chi connectivity index (χ2n) is 50.2. The number of rotatable bonds is 1. The van der Waals surface area contributed by atoms with Crippen LogP contribution in [0.15, 0.2) is 213 Å². The summed E-state index contributed by atoms with van der Waals surface area (Å²) in [5.41, 5.74) is 26.6. The van der Waals surface area contributed by atoms with Crippen LogP contribution in [0.1, 0.15) is 350 Å². The average Bonchev–Trinajstić information content (AvgIpc) is 1.68. The summed E-state index contributed by atoms with van der Waals surface area (Å²) in [6.45, 7) is 88.4. The summed E-state index contributed by atoms with van der Waals surface area (Å²) in [6.07, 6.45) is 35.4. The molecule has 5 aliphatic rings. The normalized spacial score (nSPS) is 14.8. The Morgan fingerprint density at radius 1 is 0.448 bits per heavy atom. The standard InChI is InChI=1S/3C11H14N2.C11H13NO.3C10H13N3.C10H16N2O.C9H15N3.C8H16N2.C8H15NO.C8H16O/c1-11(2,3)9-5-4-7-13-8-6-12-10(9)13;1-11(2,3)9-5-4-6-10-12-7-8-13(9)10;2*1-11(2,3)9-6-4-5-8-7-12-13-10(8)9;1-10(2,3)8-9-12-5-7-13(9)6-4-11-8;1-10(2,3)8-5-4-6-9-12-11-7-13(8)9;1-10(2,3)8-5-4-6-9-11-7-12-13(8)9;1-10(2,3)8-6-11-12-4-5-13-7-9(8)12;1-9(2,3)12-8-6-10-4-7(8)5-11-12;1-7-5-6-10(9-7)8(2,3)4;1-8(2,3)9-6-4-5-7(9)10;1-8(2,3)9-7-5-4-6-7/h2*4-8H,1-3H3;4-7H,1-3H3,(H,12,13);4*4-7H,1-3H3;6H,4-5,7H2,1-3H3;5,10H,4,6H2,1-3H3;9H,1,5-6H2,2-4H3;4-6H2,1-3H3;7H,4-6H2,1-3H3. The van der Waals surface area contributed by atoms with Crippen molar-refractivity contribution in [3.05, 3.63) is 271 Å². The number of aromatic amines is 1. The minimum Gasteiger partial charge on any atom is -0.373 e. The van der Waals surface area contributed by atoms with Crippen LogP contribution in [-0.2, 0) is 89.4 Å². The number of carbonyl (C=O) groups is 1. The first-order chi connectivity index (χ1) is 67.4. The number of likely N-dealkylation sites (tertiary alicyclic amines) is 1. The van der Waals surface area contributed by atoms with Gasteiger partial charge in [-0.05, 0) is 185 Å². The number of pyridine rings is 4. The van der Waals surface area contributed by atoms with E-state index >= 15 is 0 Å². The summed E-state index contributed by atoms with van der Waals surface area (Å²) in [5.74, 6) is 0.313. The zero-order chi connectivity index (χ0) is 107. The average molecular weight is 1980 g/mol. The van der Waals surface area contributed by atoms with Gasteiger partial charge in [-0.2, -0.15) is 20.4 Å². The van der Waals surface area contributed by atoms with Gasteiger partial charge in [0.2, 0.25) is 5.91 Å². The molecule has 0 spiro atoms. The molecule has 784 valence electrons. The van der Waals surface area contributed by atoms with Crippen molar-refractivity contribution in [3.8, 4) is 0 Å². The molecule has 0 bridgehead atoms. The van der Waals surface area contributed by atoms with E-state index in [1.54, 1.807) is 25.0 Å². The molecule has 1 amide bonds. The van der Waals surface area contributed by atoms with Crippen molar-refractivity contribution in [1.82, 2.24) is 118 Å². The number of para-hydroxylation sites is 2. The van der Waals surface area contributed by atoms with E-state index in [-0.39, 0.29) is 65.5 Å². The molecule has 3 N–H and O–H groups in total. The Kier molecular flexibility index (Phi) is 37.3. The van der Waals surface area contributed by atoms with Crippen LogP contribution in [0.4, 0.5) is 0 Å². The van der Waals surface area contributed by atoms with Crippen LogP contribution < -0.4 is 10.7 Å². The minimum absolute atomic E-state index is 0.0353. The zero-order valence-electron chi connectivity index (χ0n) is 94.5. The Hall–Kier alpha value is -12.1. The highest BCUT2D eigenvalue weighted by molar-refractivity contribution is 5.82. The SMILES string of the molecule is C=C1CCN(C(C)(C)C)N1.CC(C)(C)N1CCCC1=O.CC(C)(C)OC1CCC1.CC(C)(C)c1cccc2cn[nH]c12.CC(C)(C)c1cccc2cnoc12.CC(C)(C)c1cccc2nccn12.CC(C)(C)c1cccc2ncnn12.CC(C)(C)c1cccc2nncn12.CC(C)(C)c1cccn2ccnc12.CC(C)(C)c1cnn2c1COCC2.CC(C)(C)c1nccn2ccnc12.CC(C)(C)n1ncc2c1CNC2. The topological polar surface area (TPSA) is 282 Å². The Balaban J connectivity index is 0.000000162. The van der Waals surface area contributed by atoms with Gasteiger partial charge in [-0.15, -0.1) is 10.2 Å². The predicted molar refractivity (Wildman–Crippen MR) is 591 cm³/mol. The third-order valence-corrected chi connectivity index (χ3v) is 24.9. The fourth-order valence-electron chi connectivity index (χ4n) is 17.2. The van der Waals surface area contributed by atoms with E-state index in [0.717, 1.165) is 115 Å². The highest BCUT2D eigenvalue weighted by Crippen LogP contribution is 2.35. The van der Waals surface area contributed by atoms with E-state index in [2.05, 4.69) is 416 Å². The molecule has 145 heavy (non-hydrogen) atoms. The first kappa shape index (κ1) is 115. The molecular weight excluding hydrogens is 1810 g/mol. The molecule has 1 saturated carbocycles. The number of hydrazine groups is 1. The number of amides is 1. The van der Waals surface area contributed by atoms with Gasteiger partial charge in [0.15, 0.2) is 22.5 Å². The molecule has 4 aliphatic heterocycles. The van der Waals surface area contributed by atoms with Crippen LogP contribution in [0, 0.1) is 0 Å². The van der Waals surface area contributed by atoms with E-state index in [1.807, 2.05) is 129 Å². The fourth-order valence-corrected chi connectivity index (χ4v) is 17.2. The predicted octanol–water partition coefficient (Wildman–Crippen LogP) is 25.6. The minimum atomic E-state index is 0.0353. The van der Waals surface area contributed by atoms with Crippen molar-refractivity contribution >= 4 is 56.0 Å². The van der Waals surface area contributed by atoms with Crippen LogP contribution in [0.25, 0.3) is 50.1 Å². The molecule has 18 heterocycles. The lowest BCUT2D eigenvalue weighted by Crippen LogP contribution is -2.45. The van der Waals surface area contributed by atoms with Crippen molar-refractivity contribution in [2.24, 2.45) is 0 Å². The summed E-state index contributed by atoms with van der Waals surface area (Å²) >= 11 is 0. The number of H-pyrrole nitrogens is 1. The van der Waals surface area contributed by atoms with Crippen LogP contribution in [-0.4, -0.2) is 156 Å². The number of ether oxygens (including phenoxy) is 2.